The summed E-state index contributed by atoms with van der Waals surface area (Å²) < 4.78 is 6.44. The van der Waals surface area contributed by atoms with E-state index in [4.69, 9.17) is 9.52 Å². The molecule has 4 heteroatoms. The van der Waals surface area contributed by atoms with Crippen LogP contribution in [0.3, 0.4) is 0 Å². The first-order chi connectivity index (χ1) is 6.50. The molecule has 0 aliphatic carbocycles. The van der Waals surface area contributed by atoms with Gasteiger partial charge in [-0.25, -0.2) is 0 Å². The van der Waals surface area contributed by atoms with Crippen molar-refractivity contribution in [1.29, 1.82) is 0 Å². The Morgan fingerprint density at radius 2 is 2.29 bits per heavy atom. The van der Waals surface area contributed by atoms with Gasteiger partial charge in [-0.3, -0.25) is 4.79 Å². The second-order valence-electron chi connectivity index (χ2n) is 3.47. The summed E-state index contributed by atoms with van der Waals surface area (Å²) in [6.45, 7) is 4.06. The van der Waals surface area contributed by atoms with Gasteiger partial charge in [-0.15, -0.1) is 0 Å². The molecule has 0 atom stereocenters. The highest BCUT2D eigenvalue weighted by Gasteiger charge is 2.12. The largest absolute Gasteiger partial charge is 0.481 e. The summed E-state index contributed by atoms with van der Waals surface area (Å²) in [5.74, 6) is 1.11. The van der Waals surface area contributed by atoms with Crippen LogP contribution >= 0.6 is 15.9 Å². The molecule has 1 N–H and O–H groups in total. The standard InChI is InChI=1S/C10H13BrO3/c1-6(2)10-8(11)5-7(14-10)3-4-9(12)13/h5-6H,3-4H2,1-2H3,(H,12,13). The van der Waals surface area contributed by atoms with Gasteiger partial charge in [-0.05, 0) is 22.0 Å². The van der Waals surface area contributed by atoms with E-state index in [0.717, 1.165) is 16.0 Å². The molecule has 0 fully saturated rings. The molecular weight excluding hydrogens is 248 g/mol. The van der Waals surface area contributed by atoms with Crippen LogP contribution in [0.1, 0.15) is 37.7 Å². The highest BCUT2D eigenvalue weighted by molar-refractivity contribution is 9.10. The van der Waals surface area contributed by atoms with Crippen molar-refractivity contribution in [3.63, 3.8) is 0 Å². The molecule has 0 spiro atoms. The number of halogens is 1. The Morgan fingerprint density at radius 3 is 2.71 bits per heavy atom. The monoisotopic (exact) mass is 260 g/mol. The van der Waals surface area contributed by atoms with E-state index in [1.807, 2.05) is 19.9 Å². The molecule has 1 heterocycles. The molecule has 0 aliphatic rings. The number of furan rings is 1. The average molecular weight is 261 g/mol. The van der Waals surface area contributed by atoms with Crippen molar-refractivity contribution in [3.8, 4) is 0 Å². The number of aliphatic carboxylic acids is 1. The molecule has 1 aromatic rings. The number of carbonyl (C=O) groups is 1. The maximum absolute atomic E-state index is 10.3. The molecule has 0 saturated carbocycles. The molecule has 0 unspecified atom stereocenters. The summed E-state index contributed by atoms with van der Waals surface area (Å²) in [6.07, 6.45) is 0.554. The second-order valence-corrected chi connectivity index (χ2v) is 4.33. The lowest BCUT2D eigenvalue weighted by molar-refractivity contribution is -0.137. The van der Waals surface area contributed by atoms with E-state index < -0.39 is 5.97 Å². The Kier molecular flexibility index (Phi) is 3.75. The van der Waals surface area contributed by atoms with Gasteiger partial charge in [0.1, 0.15) is 11.5 Å². The SMILES string of the molecule is CC(C)c1oc(CCC(=O)O)cc1Br. The molecule has 3 nitrogen and oxygen atoms in total. The van der Waals surface area contributed by atoms with Crippen LogP contribution in [-0.2, 0) is 11.2 Å². The Hall–Kier alpha value is -0.770. The first kappa shape index (κ1) is 11.3. The first-order valence-electron chi connectivity index (χ1n) is 4.50. The highest BCUT2D eigenvalue weighted by atomic mass is 79.9. The molecule has 1 rings (SSSR count). The van der Waals surface area contributed by atoms with Crippen LogP contribution in [0.5, 0.6) is 0 Å². The predicted molar refractivity (Wildman–Crippen MR) is 56.5 cm³/mol. The van der Waals surface area contributed by atoms with Crippen molar-refractivity contribution in [3.05, 3.63) is 22.1 Å². The Balaban J connectivity index is 2.71. The van der Waals surface area contributed by atoms with E-state index in [1.165, 1.54) is 0 Å². The molecule has 0 aliphatic heterocycles. The normalized spacial score (nSPS) is 10.9. The van der Waals surface area contributed by atoms with Crippen molar-refractivity contribution >= 4 is 21.9 Å². The minimum Gasteiger partial charge on any atom is -0.481 e. The molecule has 0 aromatic carbocycles. The minimum atomic E-state index is -0.802. The van der Waals surface area contributed by atoms with Gasteiger partial charge >= 0.3 is 5.97 Å². The number of aryl methyl sites for hydroxylation is 1. The fraction of sp³-hybridized carbons (Fsp3) is 0.500. The van der Waals surface area contributed by atoms with Gasteiger partial charge < -0.3 is 9.52 Å². The second kappa shape index (κ2) is 4.64. The zero-order valence-corrected chi connectivity index (χ0v) is 9.80. The maximum atomic E-state index is 10.3. The lowest BCUT2D eigenvalue weighted by atomic mass is 10.2. The molecule has 78 valence electrons. The quantitative estimate of drug-likeness (QED) is 0.905. The zero-order chi connectivity index (χ0) is 10.7. The first-order valence-corrected chi connectivity index (χ1v) is 5.30. The van der Waals surface area contributed by atoms with Gasteiger partial charge in [-0.2, -0.15) is 0 Å². The molecule has 0 bridgehead atoms. The van der Waals surface area contributed by atoms with Crippen molar-refractivity contribution in [1.82, 2.24) is 0 Å². The Labute approximate surface area is 91.2 Å². The number of hydrogen-bond acceptors (Lipinski definition) is 2. The van der Waals surface area contributed by atoms with Gasteiger partial charge in [-0.1, -0.05) is 13.8 Å². The van der Waals surface area contributed by atoms with Crippen LogP contribution < -0.4 is 0 Å². The average Bonchev–Trinajstić information content (AvgIpc) is 2.43. The van der Waals surface area contributed by atoms with Gasteiger partial charge in [0, 0.05) is 12.3 Å². The summed E-state index contributed by atoms with van der Waals surface area (Å²) in [5.41, 5.74) is 0. The van der Waals surface area contributed by atoms with Crippen molar-refractivity contribution in [2.75, 3.05) is 0 Å². The third kappa shape index (κ3) is 2.87. The van der Waals surface area contributed by atoms with E-state index in [9.17, 15) is 4.79 Å². The molecule has 0 saturated heterocycles. The van der Waals surface area contributed by atoms with Crippen LogP contribution in [-0.4, -0.2) is 11.1 Å². The third-order valence-electron chi connectivity index (χ3n) is 1.87. The van der Waals surface area contributed by atoms with Crippen molar-refractivity contribution < 1.29 is 14.3 Å². The van der Waals surface area contributed by atoms with Crippen LogP contribution in [0, 0.1) is 0 Å². The fourth-order valence-electron chi connectivity index (χ4n) is 1.18. The Bertz CT molecular complexity index is 328. The van der Waals surface area contributed by atoms with E-state index in [1.54, 1.807) is 0 Å². The maximum Gasteiger partial charge on any atom is 0.303 e. The summed E-state index contributed by atoms with van der Waals surface area (Å²) in [7, 11) is 0. The van der Waals surface area contributed by atoms with Crippen LogP contribution in [0.15, 0.2) is 15.0 Å². The summed E-state index contributed by atoms with van der Waals surface area (Å²) in [5, 5.41) is 8.51. The van der Waals surface area contributed by atoms with E-state index in [-0.39, 0.29) is 6.42 Å². The number of hydrogen-bond donors (Lipinski definition) is 1. The molecule has 1 aromatic heterocycles. The summed E-state index contributed by atoms with van der Waals surface area (Å²) >= 11 is 3.38. The fourth-order valence-corrected chi connectivity index (χ4v) is 1.97. The zero-order valence-electron chi connectivity index (χ0n) is 8.21. The van der Waals surface area contributed by atoms with E-state index in [0.29, 0.717) is 12.3 Å². The minimum absolute atomic E-state index is 0.109. The van der Waals surface area contributed by atoms with Crippen molar-refractivity contribution in [2.45, 2.75) is 32.6 Å². The van der Waals surface area contributed by atoms with Gasteiger partial charge in [0.05, 0.1) is 10.9 Å². The number of carboxylic acids is 1. The van der Waals surface area contributed by atoms with Crippen LogP contribution in [0.4, 0.5) is 0 Å². The number of carboxylic acid groups (broad SMARTS) is 1. The molecular formula is C10H13BrO3. The Morgan fingerprint density at radius 1 is 1.64 bits per heavy atom. The highest BCUT2D eigenvalue weighted by Crippen LogP contribution is 2.28. The predicted octanol–water partition coefficient (Wildman–Crippen LogP) is 3.18. The summed E-state index contributed by atoms with van der Waals surface area (Å²) in [4.78, 5) is 10.3. The molecule has 0 amide bonds. The lowest BCUT2D eigenvalue weighted by Crippen LogP contribution is -1.96. The van der Waals surface area contributed by atoms with E-state index >= 15 is 0 Å². The molecule has 0 radical (unpaired) electrons. The number of rotatable bonds is 4. The smallest absolute Gasteiger partial charge is 0.303 e. The summed E-state index contributed by atoms with van der Waals surface area (Å²) in [6, 6.07) is 1.85. The van der Waals surface area contributed by atoms with Gasteiger partial charge in [0.2, 0.25) is 0 Å². The lowest BCUT2D eigenvalue weighted by Gasteiger charge is -1.99. The van der Waals surface area contributed by atoms with Crippen LogP contribution in [0.25, 0.3) is 0 Å². The topological polar surface area (TPSA) is 50.4 Å². The van der Waals surface area contributed by atoms with E-state index in [2.05, 4.69) is 15.9 Å². The third-order valence-corrected chi connectivity index (χ3v) is 2.49. The molecule has 14 heavy (non-hydrogen) atoms. The van der Waals surface area contributed by atoms with Crippen molar-refractivity contribution in [2.24, 2.45) is 0 Å². The van der Waals surface area contributed by atoms with Crippen LogP contribution in [0.2, 0.25) is 0 Å². The van der Waals surface area contributed by atoms with Gasteiger partial charge in [0.25, 0.3) is 0 Å². The van der Waals surface area contributed by atoms with Gasteiger partial charge in [0.15, 0.2) is 0 Å².